The molecule has 1 heterocycles. The molecule has 1 atom stereocenters. The van der Waals surface area contributed by atoms with Crippen LogP contribution in [0.2, 0.25) is 0 Å². The number of aromatic nitrogens is 4. The van der Waals surface area contributed by atoms with Crippen LogP contribution in [0.5, 0.6) is 0 Å². The predicted octanol–water partition coefficient (Wildman–Crippen LogP) is 2.15. The van der Waals surface area contributed by atoms with Crippen molar-refractivity contribution in [1.29, 1.82) is 0 Å². The number of tetrazole rings is 1. The van der Waals surface area contributed by atoms with E-state index in [1.807, 2.05) is 19.1 Å². The smallest absolute Gasteiger partial charge is 0.338 e. The average Bonchev–Trinajstić information content (AvgIpc) is 3.18. The lowest BCUT2D eigenvalue weighted by Crippen LogP contribution is -2.30. The third-order valence-electron chi connectivity index (χ3n) is 3.69. The molecule has 0 fully saturated rings. The number of nitrogens with zero attached hydrogens (tertiary/aromatic N) is 4. The van der Waals surface area contributed by atoms with Crippen LogP contribution >= 0.6 is 0 Å². The largest absolute Gasteiger partial charge is 0.449 e. The number of carbonyl (C=O) groups is 2. The maximum atomic E-state index is 12.2. The lowest BCUT2D eigenvalue weighted by atomic mass is 10.2. The van der Waals surface area contributed by atoms with Crippen molar-refractivity contribution in [3.63, 3.8) is 0 Å². The van der Waals surface area contributed by atoms with E-state index in [2.05, 4.69) is 20.8 Å². The van der Waals surface area contributed by atoms with E-state index in [-0.39, 0.29) is 0 Å². The first-order valence-corrected chi connectivity index (χ1v) is 7.95. The SMILES string of the molecule is Cc1ccc(NC(=O)[C@H](C)OC(=O)c2ccc(-n3cnnn3)cc2)cc1. The number of hydrogen-bond acceptors (Lipinski definition) is 6. The van der Waals surface area contributed by atoms with Gasteiger partial charge in [0, 0.05) is 5.69 Å². The molecule has 0 unspecified atom stereocenters. The Bertz CT molecular complexity index is 890. The van der Waals surface area contributed by atoms with Crippen LogP contribution in [0.3, 0.4) is 0 Å². The van der Waals surface area contributed by atoms with Crippen molar-refractivity contribution in [2.75, 3.05) is 5.32 Å². The van der Waals surface area contributed by atoms with Crippen molar-refractivity contribution in [1.82, 2.24) is 20.2 Å². The van der Waals surface area contributed by atoms with Crippen LogP contribution in [0.15, 0.2) is 54.9 Å². The van der Waals surface area contributed by atoms with Gasteiger partial charge in [-0.05, 0) is 60.7 Å². The normalized spacial score (nSPS) is 11.6. The fourth-order valence-electron chi connectivity index (χ4n) is 2.19. The van der Waals surface area contributed by atoms with E-state index in [9.17, 15) is 9.59 Å². The topological polar surface area (TPSA) is 99.0 Å². The number of esters is 1. The van der Waals surface area contributed by atoms with Crippen molar-refractivity contribution in [3.05, 3.63) is 66.0 Å². The number of carbonyl (C=O) groups excluding carboxylic acids is 2. The Kier molecular flexibility index (Phi) is 5.02. The summed E-state index contributed by atoms with van der Waals surface area (Å²) in [5, 5.41) is 13.6. The summed E-state index contributed by atoms with van der Waals surface area (Å²) in [6, 6.07) is 13.9. The second-order valence-electron chi connectivity index (χ2n) is 5.70. The number of benzene rings is 2. The standard InChI is InChI=1S/C18H17N5O3/c1-12-3-7-15(8-4-12)20-17(24)13(2)26-18(25)14-5-9-16(10-6-14)23-11-19-21-22-23/h3-11,13H,1-2H3,(H,20,24)/t13-/m0/s1. The molecule has 1 amide bonds. The number of hydrogen-bond donors (Lipinski definition) is 1. The third kappa shape index (κ3) is 4.10. The van der Waals surface area contributed by atoms with Gasteiger partial charge in [-0.25, -0.2) is 9.48 Å². The Labute approximate surface area is 149 Å². The van der Waals surface area contributed by atoms with E-state index in [0.717, 1.165) is 5.56 Å². The molecule has 1 N–H and O–H groups in total. The number of ether oxygens (including phenoxy) is 1. The average molecular weight is 351 g/mol. The van der Waals surface area contributed by atoms with Gasteiger partial charge in [-0.15, -0.1) is 5.10 Å². The molecule has 26 heavy (non-hydrogen) atoms. The Morgan fingerprint density at radius 1 is 1.08 bits per heavy atom. The van der Waals surface area contributed by atoms with Crippen LogP contribution in [0, 0.1) is 6.92 Å². The second kappa shape index (κ2) is 7.56. The molecule has 132 valence electrons. The van der Waals surface area contributed by atoms with E-state index in [4.69, 9.17) is 4.74 Å². The van der Waals surface area contributed by atoms with Crippen LogP contribution in [0.4, 0.5) is 5.69 Å². The van der Waals surface area contributed by atoms with Gasteiger partial charge in [-0.2, -0.15) is 0 Å². The second-order valence-corrected chi connectivity index (χ2v) is 5.70. The predicted molar refractivity (Wildman–Crippen MR) is 93.8 cm³/mol. The molecule has 8 nitrogen and oxygen atoms in total. The molecule has 1 aromatic heterocycles. The quantitative estimate of drug-likeness (QED) is 0.707. The first-order valence-electron chi connectivity index (χ1n) is 7.95. The molecule has 0 saturated heterocycles. The van der Waals surface area contributed by atoms with Crippen molar-refractivity contribution in [2.45, 2.75) is 20.0 Å². The van der Waals surface area contributed by atoms with Gasteiger partial charge in [0.15, 0.2) is 6.10 Å². The van der Waals surface area contributed by atoms with E-state index in [0.29, 0.717) is 16.9 Å². The van der Waals surface area contributed by atoms with Crippen LogP contribution in [-0.2, 0) is 9.53 Å². The molecule has 0 radical (unpaired) electrons. The Morgan fingerprint density at radius 2 is 1.77 bits per heavy atom. The number of anilines is 1. The molecule has 0 saturated carbocycles. The van der Waals surface area contributed by atoms with Gasteiger partial charge in [0.05, 0.1) is 11.3 Å². The number of rotatable bonds is 5. The van der Waals surface area contributed by atoms with Gasteiger partial charge >= 0.3 is 5.97 Å². The molecule has 8 heteroatoms. The van der Waals surface area contributed by atoms with Gasteiger partial charge < -0.3 is 10.1 Å². The Morgan fingerprint density at radius 3 is 2.38 bits per heavy atom. The highest BCUT2D eigenvalue weighted by molar-refractivity contribution is 5.97. The summed E-state index contributed by atoms with van der Waals surface area (Å²) < 4.78 is 6.69. The van der Waals surface area contributed by atoms with Crippen molar-refractivity contribution in [3.8, 4) is 5.69 Å². The summed E-state index contributed by atoms with van der Waals surface area (Å²) >= 11 is 0. The molecule has 0 spiro atoms. The Balaban J connectivity index is 1.59. The van der Waals surface area contributed by atoms with Gasteiger partial charge in [0.25, 0.3) is 5.91 Å². The van der Waals surface area contributed by atoms with E-state index in [1.54, 1.807) is 36.4 Å². The van der Waals surface area contributed by atoms with Crippen molar-refractivity contribution >= 4 is 17.6 Å². The van der Waals surface area contributed by atoms with Crippen LogP contribution in [-0.4, -0.2) is 38.2 Å². The fourth-order valence-corrected chi connectivity index (χ4v) is 2.19. The van der Waals surface area contributed by atoms with Crippen molar-refractivity contribution < 1.29 is 14.3 Å². The zero-order valence-electron chi connectivity index (χ0n) is 14.3. The fraction of sp³-hybridized carbons (Fsp3) is 0.167. The number of amides is 1. The van der Waals surface area contributed by atoms with E-state index >= 15 is 0 Å². The van der Waals surface area contributed by atoms with Gasteiger partial charge in [-0.3, -0.25) is 4.79 Å². The molecule has 2 aromatic carbocycles. The van der Waals surface area contributed by atoms with Crippen LogP contribution < -0.4 is 5.32 Å². The van der Waals surface area contributed by atoms with Crippen LogP contribution in [0.25, 0.3) is 5.69 Å². The summed E-state index contributed by atoms with van der Waals surface area (Å²) in [5.41, 5.74) is 2.77. The lowest BCUT2D eigenvalue weighted by Gasteiger charge is -2.14. The summed E-state index contributed by atoms with van der Waals surface area (Å²) in [7, 11) is 0. The van der Waals surface area contributed by atoms with E-state index in [1.165, 1.54) is 17.9 Å². The minimum atomic E-state index is -0.928. The number of nitrogens with one attached hydrogen (secondary N) is 1. The minimum Gasteiger partial charge on any atom is -0.449 e. The first kappa shape index (κ1) is 17.3. The molecule has 0 aliphatic heterocycles. The van der Waals surface area contributed by atoms with Crippen molar-refractivity contribution in [2.24, 2.45) is 0 Å². The summed E-state index contributed by atoms with van der Waals surface area (Å²) in [6.07, 6.45) is 0.521. The molecule has 0 aliphatic carbocycles. The highest BCUT2D eigenvalue weighted by Crippen LogP contribution is 2.12. The van der Waals surface area contributed by atoms with Gasteiger partial charge in [0.1, 0.15) is 6.33 Å². The zero-order chi connectivity index (χ0) is 18.5. The molecular weight excluding hydrogens is 334 g/mol. The summed E-state index contributed by atoms with van der Waals surface area (Å²) in [6.45, 7) is 3.48. The molecule has 0 bridgehead atoms. The highest BCUT2D eigenvalue weighted by Gasteiger charge is 2.19. The first-order chi connectivity index (χ1) is 12.5. The van der Waals surface area contributed by atoms with Crippen LogP contribution in [0.1, 0.15) is 22.8 Å². The highest BCUT2D eigenvalue weighted by atomic mass is 16.5. The minimum absolute atomic E-state index is 0.330. The molecule has 3 rings (SSSR count). The van der Waals surface area contributed by atoms with Gasteiger partial charge in [-0.1, -0.05) is 17.7 Å². The maximum Gasteiger partial charge on any atom is 0.338 e. The third-order valence-corrected chi connectivity index (χ3v) is 3.69. The van der Waals surface area contributed by atoms with E-state index < -0.39 is 18.0 Å². The van der Waals surface area contributed by atoms with Gasteiger partial charge in [0.2, 0.25) is 0 Å². The monoisotopic (exact) mass is 351 g/mol. The molecule has 0 aliphatic rings. The summed E-state index contributed by atoms with van der Waals surface area (Å²) in [5.74, 6) is -0.979. The number of aryl methyl sites for hydroxylation is 1. The lowest BCUT2D eigenvalue weighted by molar-refractivity contribution is -0.123. The summed E-state index contributed by atoms with van der Waals surface area (Å²) in [4.78, 5) is 24.4. The Hall–Kier alpha value is -3.55. The molecular formula is C18H17N5O3. The maximum absolute atomic E-state index is 12.2. The zero-order valence-corrected chi connectivity index (χ0v) is 14.3. The molecule has 3 aromatic rings.